The van der Waals surface area contributed by atoms with Crippen LogP contribution in [0.15, 0.2) is 35.3 Å². The number of nitrogens with one attached hydrogen (secondary N) is 2. The number of rotatable bonds is 8. The Bertz CT molecular complexity index is 410. The fraction of sp³-hybridized carbons (Fsp3) is 0.588. The lowest BCUT2D eigenvalue weighted by Crippen LogP contribution is -2.39. The van der Waals surface area contributed by atoms with Gasteiger partial charge in [-0.25, -0.2) is 0 Å². The first-order chi connectivity index (χ1) is 10.2. The topological polar surface area (TPSA) is 45.7 Å². The molecule has 5 heteroatoms. The maximum atomic E-state index is 5.06. The molecule has 0 aliphatic heterocycles. The van der Waals surface area contributed by atoms with Gasteiger partial charge < -0.3 is 15.4 Å². The van der Waals surface area contributed by atoms with Gasteiger partial charge in [0.05, 0.1) is 6.61 Å². The maximum Gasteiger partial charge on any atom is 0.191 e. The van der Waals surface area contributed by atoms with E-state index in [1.807, 2.05) is 0 Å². The predicted octanol–water partition coefficient (Wildman–Crippen LogP) is 3.25. The van der Waals surface area contributed by atoms with Crippen molar-refractivity contribution < 1.29 is 4.74 Å². The van der Waals surface area contributed by atoms with Crippen LogP contribution in [-0.4, -0.2) is 39.3 Å². The molecule has 4 nitrogen and oxygen atoms in total. The van der Waals surface area contributed by atoms with Crippen LogP contribution in [0.2, 0.25) is 0 Å². The Hall–Kier alpha value is -0.820. The summed E-state index contributed by atoms with van der Waals surface area (Å²) >= 11 is 0. The first-order valence-corrected chi connectivity index (χ1v) is 7.75. The Morgan fingerprint density at radius 2 is 1.86 bits per heavy atom. The number of hydrogen-bond acceptors (Lipinski definition) is 2. The van der Waals surface area contributed by atoms with E-state index < -0.39 is 0 Å². The average Bonchev–Trinajstić information content (AvgIpc) is 2.48. The Labute approximate surface area is 152 Å². The summed E-state index contributed by atoms with van der Waals surface area (Å²) in [6.07, 6.45) is 0. The molecule has 1 unspecified atom stereocenters. The van der Waals surface area contributed by atoms with Gasteiger partial charge in [-0.3, -0.25) is 4.99 Å². The van der Waals surface area contributed by atoms with Crippen LogP contribution in [0, 0.1) is 5.92 Å². The molecule has 2 N–H and O–H groups in total. The number of aliphatic imine (C=N–C) groups is 1. The zero-order valence-corrected chi connectivity index (χ0v) is 16.5. The standard InChI is InChI=1S/C17H29N3O.HI/c1-5-18-17(19-11-12-21-4)20-13-16(14(2)3)15-9-7-6-8-10-15;/h6-10,14,16H,5,11-13H2,1-4H3,(H2,18,19,20);1H. The van der Waals surface area contributed by atoms with Crippen LogP contribution in [0.25, 0.3) is 0 Å². The number of ether oxygens (including phenoxy) is 1. The van der Waals surface area contributed by atoms with Crippen molar-refractivity contribution in [3.05, 3.63) is 35.9 Å². The van der Waals surface area contributed by atoms with E-state index in [2.05, 4.69) is 61.7 Å². The number of nitrogens with zero attached hydrogens (tertiary/aromatic N) is 1. The van der Waals surface area contributed by atoms with Crippen LogP contribution in [0.4, 0.5) is 0 Å². The van der Waals surface area contributed by atoms with E-state index in [9.17, 15) is 0 Å². The number of halogens is 1. The molecule has 22 heavy (non-hydrogen) atoms. The third kappa shape index (κ3) is 7.98. The van der Waals surface area contributed by atoms with E-state index in [-0.39, 0.29) is 24.0 Å². The summed E-state index contributed by atoms with van der Waals surface area (Å²) in [5, 5.41) is 6.55. The van der Waals surface area contributed by atoms with Gasteiger partial charge in [-0.2, -0.15) is 0 Å². The lowest BCUT2D eigenvalue weighted by atomic mass is 9.88. The lowest BCUT2D eigenvalue weighted by Gasteiger charge is -2.20. The molecule has 1 aromatic carbocycles. The highest BCUT2D eigenvalue weighted by Gasteiger charge is 2.15. The number of benzene rings is 1. The van der Waals surface area contributed by atoms with Crippen molar-refractivity contribution in [2.24, 2.45) is 10.9 Å². The fourth-order valence-electron chi connectivity index (χ4n) is 2.20. The highest BCUT2D eigenvalue weighted by atomic mass is 127. The molecule has 1 atom stereocenters. The molecule has 0 aliphatic carbocycles. The van der Waals surface area contributed by atoms with E-state index in [1.165, 1.54) is 5.56 Å². The molecular weight excluding hydrogens is 389 g/mol. The summed E-state index contributed by atoms with van der Waals surface area (Å²) < 4.78 is 5.06. The molecule has 1 aromatic rings. The molecule has 0 aliphatic rings. The van der Waals surface area contributed by atoms with Crippen LogP contribution >= 0.6 is 24.0 Å². The molecule has 0 bridgehead atoms. The second-order valence-corrected chi connectivity index (χ2v) is 5.40. The highest BCUT2D eigenvalue weighted by Crippen LogP contribution is 2.24. The van der Waals surface area contributed by atoms with Gasteiger partial charge in [0.15, 0.2) is 5.96 Å². The van der Waals surface area contributed by atoms with Gasteiger partial charge in [0.1, 0.15) is 0 Å². The number of methoxy groups -OCH3 is 1. The van der Waals surface area contributed by atoms with Gasteiger partial charge in [0, 0.05) is 32.7 Å². The third-order valence-corrected chi connectivity index (χ3v) is 3.42. The molecule has 0 aromatic heterocycles. The van der Waals surface area contributed by atoms with Gasteiger partial charge in [-0.05, 0) is 18.4 Å². The second-order valence-electron chi connectivity index (χ2n) is 5.40. The van der Waals surface area contributed by atoms with Crippen molar-refractivity contribution >= 4 is 29.9 Å². The summed E-state index contributed by atoms with van der Waals surface area (Å²) in [5.41, 5.74) is 1.35. The molecular formula is C17H30IN3O. The molecule has 0 heterocycles. The Morgan fingerprint density at radius 1 is 1.18 bits per heavy atom. The zero-order valence-electron chi connectivity index (χ0n) is 14.1. The normalized spacial score (nSPS) is 12.7. The molecule has 0 spiro atoms. The van der Waals surface area contributed by atoms with Gasteiger partial charge in [0.25, 0.3) is 0 Å². The number of guanidine groups is 1. The van der Waals surface area contributed by atoms with Crippen LogP contribution in [-0.2, 0) is 4.74 Å². The van der Waals surface area contributed by atoms with Crippen molar-refractivity contribution in [1.82, 2.24) is 10.6 Å². The summed E-state index contributed by atoms with van der Waals surface area (Å²) in [6, 6.07) is 10.6. The molecule has 0 saturated heterocycles. The maximum absolute atomic E-state index is 5.06. The molecule has 0 amide bonds. The first-order valence-electron chi connectivity index (χ1n) is 7.75. The molecule has 126 valence electrons. The minimum Gasteiger partial charge on any atom is -0.383 e. The van der Waals surface area contributed by atoms with Crippen LogP contribution < -0.4 is 10.6 Å². The van der Waals surface area contributed by atoms with Gasteiger partial charge >= 0.3 is 0 Å². The SMILES string of the molecule is CCNC(=NCC(c1ccccc1)C(C)C)NCCOC.I. The average molecular weight is 419 g/mol. The number of hydrogen-bond donors (Lipinski definition) is 2. The first kappa shape index (κ1) is 21.2. The van der Waals surface area contributed by atoms with Crippen LogP contribution in [0.5, 0.6) is 0 Å². The van der Waals surface area contributed by atoms with E-state index in [1.54, 1.807) is 7.11 Å². The van der Waals surface area contributed by atoms with Crippen molar-refractivity contribution in [2.75, 3.05) is 33.4 Å². The Kier molecular flexibility index (Phi) is 12.2. The summed E-state index contributed by atoms with van der Waals surface area (Å²) in [6.45, 7) is 9.65. The minimum atomic E-state index is 0. The van der Waals surface area contributed by atoms with Crippen LogP contribution in [0.3, 0.4) is 0 Å². The predicted molar refractivity (Wildman–Crippen MR) is 105 cm³/mol. The minimum absolute atomic E-state index is 0. The van der Waals surface area contributed by atoms with Crippen molar-refractivity contribution in [3.63, 3.8) is 0 Å². The van der Waals surface area contributed by atoms with E-state index in [4.69, 9.17) is 9.73 Å². The molecule has 0 radical (unpaired) electrons. The van der Waals surface area contributed by atoms with Crippen LogP contribution in [0.1, 0.15) is 32.3 Å². The molecule has 1 rings (SSSR count). The summed E-state index contributed by atoms with van der Waals surface area (Å²) in [5.74, 6) is 1.85. The van der Waals surface area contributed by atoms with E-state index >= 15 is 0 Å². The smallest absolute Gasteiger partial charge is 0.191 e. The highest BCUT2D eigenvalue weighted by molar-refractivity contribution is 14.0. The fourth-order valence-corrected chi connectivity index (χ4v) is 2.20. The zero-order chi connectivity index (χ0) is 15.5. The largest absolute Gasteiger partial charge is 0.383 e. The van der Waals surface area contributed by atoms with Crippen molar-refractivity contribution in [2.45, 2.75) is 26.7 Å². The molecule has 0 fully saturated rings. The van der Waals surface area contributed by atoms with Crippen molar-refractivity contribution in [1.29, 1.82) is 0 Å². The quantitative estimate of drug-likeness (QED) is 0.294. The van der Waals surface area contributed by atoms with E-state index in [0.29, 0.717) is 18.4 Å². The monoisotopic (exact) mass is 419 g/mol. The summed E-state index contributed by atoms with van der Waals surface area (Å²) in [4.78, 5) is 4.72. The summed E-state index contributed by atoms with van der Waals surface area (Å²) in [7, 11) is 1.70. The lowest BCUT2D eigenvalue weighted by molar-refractivity contribution is 0.203. The molecule has 0 saturated carbocycles. The van der Waals surface area contributed by atoms with Gasteiger partial charge in [-0.1, -0.05) is 44.2 Å². The Morgan fingerprint density at radius 3 is 2.41 bits per heavy atom. The van der Waals surface area contributed by atoms with E-state index in [0.717, 1.165) is 25.6 Å². The Balaban J connectivity index is 0.00000441. The third-order valence-electron chi connectivity index (χ3n) is 3.42. The van der Waals surface area contributed by atoms with Gasteiger partial charge in [-0.15, -0.1) is 24.0 Å². The second kappa shape index (κ2) is 12.7. The van der Waals surface area contributed by atoms with Gasteiger partial charge in [0.2, 0.25) is 0 Å². The van der Waals surface area contributed by atoms with Crippen molar-refractivity contribution in [3.8, 4) is 0 Å².